The number of carbonyl (C=O) groups is 2. The minimum absolute atomic E-state index is 0.112. The molecule has 0 aromatic rings. The first-order valence-electron chi connectivity index (χ1n) is 11.2. The quantitative estimate of drug-likeness (QED) is 0.220. The molecule has 28 heavy (non-hydrogen) atoms. The Labute approximate surface area is 171 Å². The zero-order valence-corrected chi connectivity index (χ0v) is 17.7. The number of hydrogen-bond acceptors (Lipinski definition) is 6. The summed E-state index contributed by atoms with van der Waals surface area (Å²) in [6.07, 6.45) is 14.3. The zero-order chi connectivity index (χ0) is 20.7. The van der Waals surface area contributed by atoms with E-state index in [9.17, 15) is 9.59 Å². The summed E-state index contributed by atoms with van der Waals surface area (Å²) < 4.78 is 10.4. The average Bonchev–Trinajstić information content (AvgIpc) is 2.69. The summed E-state index contributed by atoms with van der Waals surface area (Å²) in [5.41, 5.74) is 0. The van der Waals surface area contributed by atoms with Gasteiger partial charge in [0.05, 0.1) is 13.2 Å². The van der Waals surface area contributed by atoms with E-state index in [4.69, 9.17) is 19.7 Å². The summed E-state index contributed by atoms with van der Waals surface area (Å²) in [5.74, 6) is -0.224. The fourth-order valence-corrected chi connectivity index (χ4v) is 2.90. The van der Waals surface area contributed by atoms with Gasteiger partial charge < -0.3 is 19.7 Å². The molecule has 0 amide bonds. The summed E-state index contributed by atoms with van der Waals surface area (Å²) in [6.45, 7) is 1.46. The smallest absolute Gasteiger partial charge is 0.305 e. The maximum absolute atomic E-state index is 11.5. The molecule has 0 aliphatic rings. The summed E-state index contributed by atoms with van der Waals surface area (Å²) in [4.78, 5) is 23.1. The van der Waals surface area contributed by atoms with Gasteiger partial charge >= 0.3 is 11.9 Å². The van der Waals surface area contributed by atoms with Crippen molar-refractivity contribution >= 4 is 11.9 Å². The molecule has 0 saturated heterocycles. The molecule has 6 heteroatoms. The summed E-state index contributed by atoms with van der Waals surface area (Å²) in [5, 5.41) is 17.4. The van der Waals surface area contributed by atoms with Crippen molar-refractivity contribution in [3.63, 3.8) is 0 Å². The third-order valence-electron chi connectivity index (χ3n) is 4.64. The lowest BCUT2D eigenvalue weighted by molar-refractivity contribution is -0.144. The fourth-order valence-electron chi connectivity index (χ4n) is 2.90. The number of hydrogen-bond donors (Lipinski definition) is 2. The summed E-state index contributed by atoms with van der Waals surface area (Å²) in [7, 11) is 0. The van der Waals surface area contributed by atoms with Gasteiger partial charge in [-0.25, -0.2) is 0 Å². The highest BCUT2D eigenvalue weighted by molar-refractivity contribution is 5.69. The zero-order valence-electron chi connectivity index (χ0n) is 17.7. The van der Waals surface area contributed by atoms with Gasteiger partial charge in [-0.2, -0.15) is 0 Å². The number of aliphatic hydroxyl groups is 2. The molecule has 166 valence electrons. The maximum Gasteiger partial charge on any atom is 0.305 e. The molecular formula is C22H42O6. The second kappa shape index (κ2) is 22.2. The Kier molecular flexibility index (Phi) is 21.3. The van der Waals surface area contributed by atoms with Crippen LogP contribution in [-0.2, 0) is 19.1 Å². The SMILES string of the molecule is O=C(CCCCCCO)OCCCCCCCCOC(=O)CCCCCCO. The molecule has 0 bridgehead atoms. The second-order valence-electron chi connectivity index (χ2n) is 7.34. The van der Waals surface area contributed by atoms with Gasteiger partial charge in [-0.1, -0.05) is 51.4 Å². The topological polar surface area (TPSA) is 93.1 Å². The number of rotatable bonds is 21. The summed E-state index contributed by atoms with van der Waals surface area (Å²) in [6, 6.07) is 0. The minimum atomic E-state index is -0.112. The van der Waals surface area contributed by atoms with E-state index in [1.54, 1.807) is 0 Å². The average molecular weight is 403 g/mol. The molecule has 0 radical (unpaired) electrons. The van der Waals surface area contributed by atoms with Crippen LogP contribution in [0, 0.1) is 0 Å². The molecule has 0 fully saturated rings. The first-order chi connectivity index (χ1) is 13.7. The molecule has 0 heterocycles. The van der Waals surface area contributed by atoms with Crippen molar-refractivity contribution < 1.29 is 29.3 Å². The van der Waals surface area contributed by atoms with Gasteiger partial charge in [0.1, 0.15) is 0 Å². The molecular weight excluding hydrogens is 360 g/mol. The molecule has 0 aromatic heterocycles. The lowest BCUT2D eigenvalue weighted by Crippen LogP contribution is -2.06. The van der Waals surface area contributed by atoms with Gasteiger partial charge in [0.15, 0.2) is 0 Å². The molecule has 2 N–H and O–H groups in total. The van der Waals surface area contributed by atoms with Gasteiger partial charge in [-0.15, -0.1) is 0 Å². The highest BCUT2D eigenvalue weighted by atomic mass is 16.5. The van der Waals surface area contributed by atoms with E-state index < -0.39 is 0 Å². The lowest BCUT2D eigenvalue weighted by Gasteiger charge is -2.06. The molecule has 0 aromatic carbocycles. The largest absolute Gasteiger partial charge is 0.466 e. The van der Waals surface area contributed by atoms with Crippen LogP contribution < -0.4 is 0 Å². The Morgan fingerprint density at radius 1 is 0.464 bits per heavy atom. The Morgan fingerprint density at radius 3 is 1.18 bits per heavy atom. The fraction of sp³-hybridized carbons (Fsp3) is 0.909. The van der Waals surface area contributed by atoms with E-state index in [2.05, 4.69) is 0 Å². The minimum Gasteiger partial charge on any atom is -0.466 e. The van der Waals surface area contributed by atoms with Crippen molar-refractivity contribution in [1.29, 1.82) is 0 Å². The Bertz CT molecular complexity index is 325. The predicted molar refractivity (Wildman–Crippen MR) is 110 cm³/mol. The number of ether oxygens (including phenoxy) is 2. The van der Waals surface area contributed by atoms with Crippen LogP contribution in [0.1, 0.15) is 103 Å². The van der Waals surface area contributed by atoms with E-state index >= 15 is 0 Å². The van der Waals surface area contributed by atoms with E-state index in [1.165, 1.54) is 0 Å². The first kappa shape index (κ1) is 26.9. The maximum atomic E-state index is 11.5. The number of carbonyl (C=O) groups excluding carboxylic acids is 2. The van der Waals surface area contributed by atoms with Crippen LogP contribution >= 0.6 is 0 Å². The molecule has 6 nitrogen and oxygen atoms in total. The van der Waals surface area contributed by atoms with Crippen LogP contribution in [0.25, 0.3) is 0 Å². The normalized spacial score (nSPS) is 10.8. The standard InChI is InChI=1S/C22H42O6/c23-17-11-5-3-9-15-21(25)27-19-13-7-1-2-8-14-20-28-22(26)16-10-4-6-12-18-24/h23-24H,1-20H2. The van der Waals surface area contributed by atoms with Crippen LogP contribution in [0.5, 0.6) is 0 Å². The second-order valence-corrected chi connectivity index (χ2v) is 7.34. The summed E-state index contributed by atoms with van der Waals surface area (Å²) >= 11 is 0. The molecule has 0 aliphatic heterocycles. The van der Waals surface area contributed by atoms with E-state index in [0.717, 1.165) is 89.9 Å². The van der Waals surface area contributed by atoms with Crippen LogP contribution in [0.4, 0.5) is 0 Å². The van der Waals surface area contributed by atoms with Gasteiger partial charge in [0.2, 0.25) is 0 Å². The van der Waals surface area contributed by atoms with Crippen molar-refractivity contribution in [2.75, 3.05) is 26.4 Å². The van der Waals surface area contributed by atoms with Crippen LogP contribution in [-0.4, -0.2) is 48.6 Å². The highest BCUT2D eigenvalue weighted by Crippen LogP contribution is 2.08. The van der Waals surface area contributed by atoms with Crippen molar-refractivity contribution in [2.24, 2.45) is 0 Å². The molecule has 0 aliphatic carbocycles. The van der Waals surface area contributed by atoms with Crippen LogP contribution in [0.15, 0.2) is 0 Å². The van der Waals surface area contributed by atoms with Gasteiger partial charge in [-0.3, -0.25) is 9.59 Å². The van der Waals surface area contributed by atoms with Gasteiger partial charge in [0.25, 0.3) is 0 Å². The Balaban J connectivity index is 3.22. The predicted octanol–water partition coefficient (Wildman–Crippen LogP) is 4.30. The van der Waals surface area contributed by atoms with Crippen molar-refractivity contribution in [2.45, 2.75) is 103 Å². The highest BCUT2D eigenvalue weighted by Gasteiger charge is 2.03. The Hall–Kier alpha value is -1.14. The lowest BCUT2D eigenvalue weighted by atomic mass is 10.1. The number of aliphatic hydroxyl groups excluding tert-OH is 2. The van der Waals surface area contributed by atoms with E-state index in [0.29, 0.717) is 26.1 Å². The van der Waals surface area contributed by atoms with Crippen LogP contribution in [0.3, 0.4) is 0 Å². The monoisotopic (exact) mass is 402 g/mol. The number of unbranched alkanes of at least 4 members (excludes halogenated alkanes) is 11. The van der Waals surface area contributed by atoms with E-state index in [-0.39, 0.29) is 25.2 Å². The Morgan fingerprint density at radius 2 is 0.786 bits per heavy atom. The van der Waals surface area contributed by atoms with Gasteiger partial charge in [-0.05, 0) is 38.5 Å². The third-order valence-corrected chi connectivity index (χ3v) is 4.64. The van der Waals surface area contributed by atoms with Gasteiger partial charge in [0, 0.05) is 26.1 Å². The van der Waals surface area contributed by atoms with Crippen LogP contribution in [0.2, 0.25) is 0 Å². The first-order valence-corrected chi connectivity index (χ1v) is 11.2. The molecule has 0 rings (SSSR count). The molecule has 0 spiro atoms. The van der Waals surface area contributed by atoms with Crippen molar-refractivity contribution in [3.05, 3.63) is 0 Å². The molecule has 0 atom stereocenters. The van der Waals surface area contributed by atoms with Crippen molar-refractivity contribution in [3.8, 4) is 0 Å². The third kappa shape index (κ3) is 21.2. The molecule has 0 saturated carbocycles. The van der Waals surface area contributed by atoms with Crippen molar-refractivity contribution in [1.82, 2.24) is 0 Å². The number of esters is 2. The molecule has 0 unspecified atom stereocenters. The van der Waals surface area contributed by atoms with E-state index in [1.807, 2.05) is 0 Å².